The average Bonchev–Trinajstić information content (AvgIpc) is 2.66. The Morgan fingerprint density at radius 1 is 1.14 bits per heavy atom. The number of carboxylic acid groups (broad SMARTS) is 1. The maximum absolute atomic E-state index is 10.8. The quantitative estimate of drug-likeness (QED) is 0.288. The van der Waals surface area contributed by atoms with Gasteiger partial charge in [-0.1, -0.05) is 24.3 Å². The van der Waals surface area contributed by atoms with Crippen molar-refractivity contribution < 1.29 is 26.7 Å². The third-order valence-electron chi connectivity index (χ3n) is 4.55. The van der Waals surface area contributed by atoms with Gasteiger partial charge >= 0.3 is 5.97 Å². The molecule has 0 spiro atoms. The van der Waals surface area contributed by atoms with Gasteiger partial charge in [0.05, 0.1) is 12.5 Å². The minimum atomic E-state index is -0.832. The number of aliphatic carboxylic acids is 1. The highest BCUT2D eigenvalue weighted by molar-refractivity contribution is 6.10. The Balaban J connectivity index is 0.00000225. The summed E-state index contributed by atoms with van der Waals surface area (Å²) < 4.78 is 8.18. The molecule has 28 heavy (non-hydrogen) atoms. The van der Waals surface area contributed by atoms with Gasteiger partial charge in [-0.15, -0.1) is 0 Å². The van der Waals surface area contributed by atoms with Crippen LogP contribution in [-0.4, -0.2) is 36.7 Å². The second kappa shape index (κ2) is 7.86. The Bertz CT molecular complexity index is 1210. The summed E-state index contributed by atoms with van der Waals surface area (Å²) in [5, 5.41) is 15.1. The van der Waals surface area contributed by atoms with Crippen molar-refractivity contribution in [1.82, 2.24) is 9.56 Å². The Kier molecular flexibility index (Phi) is 5.51. The normalized spacial score (nSPS) is 10.8. The lowest BCUT2D eigenvalue weighted by molar-refractivity contribution is -0.136. The number of halogens is 1. The minimum absolute atomic E-state index is 0. The van der Waals surface area contributed by atoms with Crippen molar-refractivity contribution in [2.45, 2.75) is 6.42 Å². The lowest BCUT2D eigenvalue weighted by Crippen LogP contribution is -3.00. The number of carboxylic acids is 1. The number of benzene rings is 3. The lowest BCUT2D eigenvalue weighted by Gasteiger charge is -2.13. The molecule has 2 aromatic rings. The third-order valence-corrected chi connectivity index (χ3v) is 4.55. The number of rotatable bonds is 4. The van der Waals surface area contributed by atoms with Gasteiger partial charge in [-0.05, 0) is 6.07 Å². The van der Waals surface area contributed by atoms with Crippen molar-refractivity contribution in [1.29, 1.82) is 0 Å². The first-order chi connectivity index (χ1) is 13.0. The molecule has 0 atom stereocenters. The summed E-state index contributed by atoms with van der Waals surface area (Å²) in [6, 6.07) is 15.8. The molecule has 0 amide bonds. The Hall–Kier alpha value is -3.12. The van der Waals surface area contributed by atoms with Gasteiger partial charge in [0, 0.05) is 35.1 Å². The maximum Gasteiger partial charge on any atom is 0.305 e. The van der Waals surface area contributed by atoms with Gasteiger partial charge in [0.15, 0.2) is 11.3 Å². The van der Waals surface area contributed by atoms with Crippen LogP contribution in [0.1, 0.15) is 6.42 Å². The van der Waals surface area contributed by atoms with Crippen molar-refractivity contribution in [2.24, 2.45) is 0 Å². The van der Waals surface area contributed by atoms with E-state index in [-0.39, 0.29) is 18.8 Å². The number of aromatic nitrogens is 1. The van der Waals surface area contributed by atoms with Crippen LogP contribution in [0.2, 0.25) is 0 Å². The van der Waals surface area contributed by atoms with Gasteiger partial charge in [-0.25, -0.2) is 9.56 Å². The van der Waals surface area contributed by atoms with Crippen LogP contribution in [0, 0.1) is 0 Å². The van der Waals surface area contributed by atoms with E-state index in [0.717, 1.165) is 33.0 Å². The Labute approximate surface area is 167 Å². The van der Waals surface area contributed by atoms with Crippen LogP contribution in [0.3, 0.4) is 0 Å². The van der Waals surface area contributed by atoms with Crippen LogP contribution in [-0.2, 0) is 4.79 Å². The number of anilines is 1. The van der Waals surface area contributed by atoms with Gasteiger partial charge in [-0.3, -0.25) is 4.79 Å². The van der Waals surface area contributed by atoms with E-state index in [2.05, 4.69) is 5.32 Å². The maximum atomic E-state index is 10.8. The SMILES string of the molecule is C[N+](C)=c1ccc2nc3c(cc(NCCC(=O)O)c4ccccc43)oc-2c1.[Cl-]. The van der Waals surface area contributed by atoms with Crippen LogP contribution in [0.25, 0.3) is 33.3 Å². The van der Waals surface area contributed by atoms with Gasteiger partial charge in [0.25, 0.3) is 0 Å². The van der Waals surface area contributed by atoms with Crippen molar-refractivity contribution >= 4 is 33.5 Å². The van der Waals surface area contributed by atoms with Gasteiger partial charge in [0.2, 0.25) is 5.36 Å². The van der Waals surface area contributed by atoms with Crippen LogP contribution in [0.4, 0.5) is 5.69 Å². The number of carbonyl (C=O) groups is 1. The molecule has 1 aliphatic carbocycles. The van der Waals surface area contributed by atoms with Crippen LogP contribution >= 0.6 is 0 Å². The highest BCUT2D eigenvalue weighted by atomic mass is 35.5. The standard InChI is InChI=1S/C21H19N3O3.ClH/c1-24(2)13-7-8-16-18(11-13)27-19-12-17(22-10-9-20(25)26)14-5-3-4-6-15(14)21(19)23-16;/h3-8,11-12H,9-10H2,1-2H3,(H,25,26);1H. The summed E-state index contributed by atoms with van der Waals surface area (Å²) >= 11 is 0. The van der Waals surface area contributed by atoms with Gasteiger partial charge in [-0.2, -0.15) is 0 Å². The summed E-state index contributed by atoms with van der Waals surface area (Å²) in [5.41, 5.74) is 3.09. The molecule has 0 radical (unpaired) electrons. The molecule has 2 N–H and O–H groups in total. The number of hydrogen-bond acceptors (Lipinski definition) is 4. The molecular weight excluding hydrogens is 378 g/mol. The second-order valence-electron chi connectivity index (χ2n) is 6.65. The summed E-state index contributed by atoms with van der Waals surface area (Å²) in [6.07, 6.45) is 0.0473. The Morgan fingerprint density at radius 2 is 1.89 bits per heavy atom. The molecule has 4 rings (SSSR count). The Morgan fingerprint density at radius 3 is 2.61 bits per heavy atom. The molecule has 0 aromatic heterocycles. The molecule has 0 unspecified atom stereocenters. The van der Waals surface area contributed by atoms with E-state index < -0.39 is 5.97 Å². The first-order valence-electron chi connectivity index (χ1n) is 8.75. The minimum Gasteiger partial charge on any atom is -1.00 e. The number of nitrogens with zero attached hydrogens (tertiary/aromatic N) is 2. The molecule has 1 aliphatic heterocycles. The molecule has 2 aliphatic rings. The van der Waals surface area contributed by atoms with E-state index in [1.165, 1.54) is 0 Å². The van der Waals surface area contributed by atoms with E-state index in [1.54, 1.807) is 0 Å². The molecule has 1 heterocycles. The molecule has 144 valence electrons. The van der Waals surface area contributed by atoms with E-state index in [4.69, 9.17) is 14.5 Å². The summed E-state index contributed by atoms with van der Waals surface area (Å²) in [4.78, 5) is 15.6. The fourth-order valence-corrected chi connectivity index (χ4v) is 3.17. The van der Waals surface area contributed by atoms with Gasteiger partial charge in [0.1, 0.15) is 25.3 Å². The predicted octanol–water partition coefficient (Wildman–Crippen LogP) is 0.00820. The van der Waals surface area contributed by atoms with Crippen LogP contribution in [0.15, 0.2) is 52.9 Å². The zero-order chi connectivity index (χ0) is 19.0. The van der Waals surface area contributed by atoms with Crippen LogP contribution in [0.5, 0.6) is 0 Å². The molecule has 6 nitrogen and oxygen atoms in total. The van der Waals surface area contributed by atoms with E-state index in [9.17, 15) is 4.79 Å². The fraction of sp³-hybridized carbons (Fsp3) is 0.190. The lowest BCUT2D eigenvalue weighted by atomic mass is 10.1. The summed E-state index contributed by atoms with van der Waals surface area (Å²) in [5.74, 6) is -0.123. The first kappa shape index (κ1) is 19.6. The zero-order valence-corrected chi connectivity index (χ0v) is 16.3. The first-order valence-corrected chi connectivity index (χ1v) is 8.75. The predicted molar refractivity (Wildman–Crippen MR) is 106 cm³/mol. The molecule has 2 aromatic carbocycles. The molecule has 0 fully saturated rings. The van der Waals surface area contributed by atoms with Crippen molar-refractivity contribution in [3.8, 4) is 11.5 Å². The monoisotopic (exact) mass is 397 g/mol. The molecule has 0 bridgehead atoms. The van der Waals surface area contributed by atoms with Crippen molar-refractivity contribution in [2.75, 3.05) is 26.0 Å². The van der Waals surface area contributed by atoms with E-state index in [1.807, 2.05) is 67.2 Å². The van der Waals surface area contributed by atoms with E-state index in [0.29, 0.717) is 17.9 Å². The summed E-state index contributed by atoms with van der Waals surface area (Å²) in [6.45, 7) is 0.344. The number of hydrogen-bond donors (Lipinski definition) is 2. The largest absolute Gasteiger partial charge is 1.00 e. The molecular formula is C21H20ClN3O3. The highest BCUT2D eigenvalue weighted by Crippen LogP contribution is 2.33. The average molecular weight is 398 g/mol. The fourth-order valence-electron chi connectivity index (χ4n) is 3.17. The highest BCUT2D eigenvalue weighted by Gasteiger charge is 2.14. The topological polar surface area (TPSA) is 78.4 Å². The molecule has 0 saturated heterocycles. The van der Waals surface area contributed by atoms with Crippen molar-refractivity contribution in [3.05, 3.63) is 53.9 Å². The smallest absolute Gasteiger partial charge is 0.305 e. The number of nitrogens with one attached hydrogen (secondary N) is 1. The van der Waals surface area contributed by atoms with Gasteiger partial charge < -0.3 is 27.2 Å². The molecule has 7 heteroatoms. The second-order valence-corrected chi connectivity index (χ2v) is 6.65. The zero-order valence-electron chi connectivity index (χ0n) is 15.6. The van der Waals surface area contributed by atoms with Crippen LogP contribution < -0.4 is 27.7 Å². The molecule has 0 saturated carbocycles. The number of fused-ring (bicyclic) bond motifs is 4. The third kappa shape index (κ3) is 3.64. The van der Waals surface area contributed by atoms with Crippen molar-refractivity contribution in [3.63, 3.8) is 0 Å². The van der Waals surface area contributed by atoms with E-state index >= 15 is 0 Å². The summed E-state index contributed by atoms with van der Waals surface area (Å²) in [7, 11) is 3.96.